The molecular formula is C16H16F2O2. The fraction of sp³-hybridized carbons (Fsp3) is 0.250. The Bertz CT molecular complexity index is 615. The molecule has 0 radical (unpaired) electrons. The molecule has 20 heavy (non-hydrogen) atoms. The Morgan fingerprint density at radius 3 is 2.30 bits per heavy atom. The van der Waals surface area contributed by atoms with Gasteiger partial charge < -0.3 is 9.84 Å². The van der Waals surface area contributed by atoms with E-state index in [1.807, 2.05) is 0 Å². The van der Waals surface area contributed by atoms with Crippen LogP contribution in [0.2, 0.25) is 0 Å². The largest absolute Gasteiger partial charge is 0.497 e. The van der Waals surface area contributed by atoms with Crippen LogP contribution in [-0.2, 0) is 0 Å². The molecule has 0 saturated carbocycles. The Kier molecular flexibility index (Phi) is 4.04. The van der Waals surface area contributed by atoms with Gasteiger partial charge in [-0.1, -0.05) is 6.07 Å². The van der Waals surface area contributed by atoms with Crippen molar-refractivity contribution in [3.63, 3.8) is 0 Å². The third-order valence-corrected chi connectivity index (χ3v) is 3.26. The molecule has 0 saturated heterocycles. The maximum absolute atomic E-state index is 14.0. The summed E-state index contributed by atoms with van der Waals surface area (Å²) in [6.07, 6.45) is -1.35. The monoisotopic (exact) mass is 278 g/mol. The molecule has 106 valence electrons. The highest BCUT2D eigenvalue weighted by molar-refractivity contribution is 5.40. The van der Waals surface area contributed by atoms with Crippen LogP contribution in [-0.4, -0.2) is 12.2 Å². The SMILES string of the molecule is COc1ccc(C(O)c2c(C)cc(C)cc2F)c(F)c1. The lowest BCUT2D eigenvalue weighted by Gasteiger charge is -2.17. The fourth-order valence-corrected chi connectivity index (χ4v) is 2.29. The molecule has 0 fully saturated rings. The molecule has 1 atom stereocenters. The minimum atomic E-state index is -1.35. The van der Waals surface area contributed by atoms with E-state index in [1.165, 1.54) is 31.4 Å². The van der Waals surface area contributed by atoms with Gasteiger partial charge in [-0.05, 0) is 43.2 Å². The zero-order valence-electron chi connectivity index (χ0n) is 11.6. The van der Waals surface area contributed by atoms with Crippen LogP contribution in [0.3, 0.4) is 0 Å². The summed E-state index contributed by atoms with van der Waals surface area (Å²) in [6, 6.07) is 7.18. The number of methoxy groups -OCH3 is 1. The minimum absolute atomic E-state index is 0.0247. The molecular weight excluding hydrogens is 262 g/mol. The highest BCUT2D eigenvalue weighted by Crippen LogP contribution is 2.31. The number of hydrogen-bond donors (Lipinski definition) is 1. The minimum Gasteiger partial charge on any atom is -0.497 e. The van der Waals surface area contributed by atoms with Crippen molar-refractivity contribution in [2.24, 2.45) is 0 Å². The van der Waals surface area contributed by atoms with E-state index in [-0.39, 0.29) is 11.1 Å². The first-order chi connectivity index (χ1) is 9.43. The number of rotatable bonds is 3. The Hall–Kier alpha value is -1.94. The number of aryl methyl sites for hydroxylation is 2. The molecule has 1 N–H and O–H groups in total. The lowest BCUT2D eigenvalue weighted by molar-refractivity contribution is 0.208. The molecule has 0 aliphatic heterocycles. The van der Waals surface area contributed by atoms with E-state index in [1.54, 1.807) is 19.9 Å². The highest BCUT2D eigenvalue weighted by Gasteiger charge is 2.21. The van der Waals surface area contributed by atoms with Gasteiger partial charge in [0.2, 0.25) is 0 Å². The Labute approximate surface area is 116 Å². The Morgan fingerprint density at radius 2 is 1.75 bits per heavy atom. The quantitative estimate of drug-likeness (QED) is 0.928. The molecule has 2 rings (SSSR count). The average Bonchev–Trinajstić information content (AvgIpc) is 2.37. The average molecular weight is 278 g/mol. The summed E-state index contributed by atoms with van der Waals surface area (Å²) in [5.74, 6) is -0.819. The van der Waals surface area contributed by atoms with Crippen molar-refractivity contribution in [2.75, 3.05) is 7.11 Å². The van der Waals surface area contributed by atoms with Gasteiger partial charge in [0.15, 0.2) is 0 Å². The van der Waals surface area contributed by atoms with Crippen LogP contribution in [0.5, 0.6) is 5.75 Å². The van der Waals surface area contributed by atoms with Crippen molar-refractivity contribution in [3.8, 4) is 5.75 Å². The smallest absolute Gasteiger partial charge is 0.133 e. The van der Waals surface area contributed by atoms with E-state index < -0.39 is 17.7 Å². The van der Waals surface area contributed by atoms with Crippen LogP contribution in [0.4, 0.5) is 8.78 Å². The number of benzene rings is 2. The van der Waals surface area contributed by atoms with Gasteiger partial charge in [-0.25, -0.2) is 8.78 Å². The summed E-state index contributed by atoms with van der Waals surface area (Å²) >= 11 is 0. The first-order valence-corrected chi connectivity index (χ1v) is 6.22. The highest BCUT2D eigenvalue weighted by atomic mass is 19.1. The van der Waals surface area contributed by atoms with E-state index >= 15 is 0 Å². The maximum atomic E-state index is 14.0. The topological polar surface area (TPSA) is 29.5 Å². The molecule has 0 aromatic heterocycles. The Morgan fingerprint density at radius 1 is 1.05 bits per heavy atom. The number of aliphatic hydroxyl groups is 1. The van der Waals surface area contributed by atoms with E-state index in [0.29, 0.717) is 11.3 Å². The standard InChI is InChI=1S/C16H16F2O2/c1-9-6-10(2)15(14(18)7-9)16(19)12-5-4-11(20-3)8-13(12)17/h4-8,16,19H,1-3H3. The van der Waals surface area contributed by atoms with Crippen molar-refractivity contribution in [1.82, 2.24) is 0 Å². The first-order valence-electron chi connectivity index (χ1n) is 6.22. The second-order valence-electron chi connectivity index (χ2n) is 4.77. The lowest BCUT2D eigenvalue weighted by Crippen LogP contribution is -2.08. The summed E-state index contributed by atoms with van der Waals surface area (Å²) in [5.41, 5.74) is 1.47. The Balaban J connectivity index is 2.49. The van der Waals surface area contributed by atoms with E-state index in [4.69, 9.17) is 4.74 Å². The molecule has 2 nitrogen and oxygen atoms in total. The molecule has 0 bridgehead atoms. The van der Waals surface area contributed by atoms with Gasteiger partial charge in [0.25, 0.3) is 0 Å². The summed E-state index contributed by atoms with van der Waals surface area (Å²) in [5, 5.41) is 10.3. The second kappa shape index (κ2) is 5.59. The number of halogens is 2. The molecule has 0 heterocycles. The number of hydrogen-bond acceptors (Lipinski definition) is 2. The summed E-state index contributed by atoms with van der Waals surface area (Å²) in [6.45, 7) is 3.45. The van der Waals surface area contributed by atoms with Gasteiger partial charge in [-0.3, -0.25) is 0 Å². The van der Waals surface area contributed by atoms with Crippen molar-refractivity contribution in [1.29, 1.82) is 0 Å². The van der Waals surface area contributed by atoms with Gasteiger partial charge in [-0.15, -0.1) is 0 Å². The molecule has 0 aliphatic carbocycles. The molecule has 0 spiro atoms. The van der Waals surface area contributed by atoms with Crippen LogP contribution in [0, 0.1) is 25.5 Å². The molecule has 4 heteroatoms. The molecule has 0 amide bonds. The predicted octanol–water partition coefficient (Wildman–Crippen LogP) is 3.67. The molecule has 1 unspecified atom stereocenters. The van der Waals surface area contributed by atoms with Crippen LogP contribution >= 0.6 is 0 Å². The normalized spacial score (nSPS) is 12.3. The van der Waals surface area contributed by atoms with Crippen LogP contribution in [0.15, 0.2) is 30.3 Å². The lowest BCUT2D eigenvalue weighted by atomic mass is 9.95. The van der Waals surface area contributed by atoms with E-state index in [0.717, 1.165) is 5.56 Å². The van der Waals surface area contributed by atoms with Crippen molar-refractivity contribution >= 4 is 0 Å². The van der Waals surface area contributed by atoms with Gasteiger partial charge in [-0.2, -0.15) is 0 Å². The van der Waals surface area contributed by atoms with E-state index in [2.05, 4.69) is 0 Å². The van der Waals surface area contributed by atoms with Crippen LogP contribution < -0.4 is 4.74 Å². The third-order valence-electron chi connectivity index (χ3n) is 3.26. The summed E-state index contributed by atoms with van der Waals surface area (Å²) < 4.78 is 32.9. The van der Waals surface area contributed by atoms with Crippen molar-refractivity contribution in [2.45, 2.75) is 20.0 Å². The number of ether oxygens (including phenoxy) is 1. The van der Waals surface area contributed by atoms with Crippen molar-refractivity contribution in [3.05, 3.63) is 64.2 Å². The van der Waals surface area contributed by atoms with Gasteiger partial charge in [0, 0.05) is 17.2 Å². The second-order valence-corrected chi connectivity index (χ2v) is 4.77. The fourth-order valence-electron chi connectivity index (χ4n) is 2.29. The summed E-state index contributed by atoms with van der Waals surface area (Å²) in [4.78, 5) is 0. The third kappa shape index (κ3) is 2.65. The molecule has 2 aromatic rings. The van der Waals surface area contributed by atoms with Gasteiger partial charge in [0.1, 0.15) is 23.5 Å². The van der Waals surface area contributed by atoms with E-state index in [9.17, 15) is 13.9 Å². The zero-order chi connectivity index (χ0) is 14.9. The van der Waals surface area contributed by atoms with Crippen molar-refractivity contribution < 1.29 is 18.6 Å². The zero-order valence-corrected chi connectivity index (χ0v) is 11.6. The number of aliphatic hydroxyl groups excluding tert-OH is 1. The van der Waals surface area contributed by atoms with Crippen LogP contribution in [0.1, 0.15) is 28.4 Å². The predicted molar refractivity (Wildman–Crippen MR) is 72.9 cm³/mol. The maximum Gasteiger partial charge on any atom is 0.133 e. The summed E-state index contributed by atoms with van der Waals surface area (Å²) in [7, 11) is 1.43. The van der Waals surface area contributed by atoms with Gasteiger partial charge >= 0.3 is 0 Å². The van der Waals surface area contributed by atoms with Gasteiger partial charge in [0.05, 0.1) is 7.11 Å². The molecule has 0 aliphatic rings. The molecule has 2 aromatic carbocycles. The first kappa shape index (κ1) is 14.5. The van der Waals surface area contributed by atoms with Crippen LogP contribution in [0.25, 0.3) is 0 Å².